The van der Waals surface area contributed by atoms with Gasteiger partial charge in [-0.05, 0) is 18.1 Å². The second kappa shape index (κ2) is 14.1. The lowest BCUT2D eigenvalue weighted by Crippen LogP contribution is -2.53. The standard InChI is InChI=1S/C20H35N5O.HI/c1-4-17(5-2)19(25-12-14-26-15-13-25)16-24-20(21-3)23-11-9-18-8-6-7-10-22-18;/h6-8,10,17,19H,4-5,9,11-16H2,1-3H3,(H2,21,23,24);1H. The van der Waals surface area contributed by atoms with E-state index in [4.69, 9.17) is 4.74 Å². The van der Waals surface area contributed by atoms with Crippen molar-refractivity contribution < 1.29 is 4.74 Å². The monoisotopic (exact) mass is 489 g/mol. The van der Waals surface area contributed by atoms with Crippen LogP contribution in [0.15, 0.2) is 29.4 Å². The number of morpholine rings is 1. The molecule has 27 heavy (non-hydrogen) atoms. The molecule has 1 saturated heterocycles. The molecule has 6 nitrogen and oxygen atoms in total. The smallest absolute Gasteiger partial charge is 0.191 e. The highest BCUT2D eigenvalue weighted by Gasteiger charge is 2.26. The Labute approximate surface area is 181 Å². The highest BCUT2D eigenvalue weighted by molar-refractivity contribution is 14.0. The summed E-state index contributed by atoms with van der Waals surface area (Å²) in [6, 6.07) is 6.54. The van der Waals surface area contributed by atoms with E-state index in [1.54, 1.807) is 0 Å². The molecule has 0 aliphatic carbocycles. The Morgan fingerprint density at radius 2 is 1.96 bits per heavy atom. The zero-order valence-electron chi connectivity index (χ0n) is 17.0. The third-order valence-corrected chi connectivity index (χ3v) is 5.21. The van der Waals surface area contributed by atoms with E-state index in [9.17, 15) is 0 Å². The highest BCUT2D eigenvalue weighted by atomic mass is 127. The lowest BCUT2D eigenvalue weighted by Gasteiger charge is -2.39. The van der Waals surface area contributed by atoms with Gasteiger partial charge in [0.05, 0.1) is 13.2 Å². The van der Waals surface area contributed by atoms with E-state index >= 15 is 0 Å². The summed E-state index contributed by atoms with van der Waals surface area (Å²) in [5, 5.41) is 6.95. The van der Waals surface area contributed by atoms with Gasteiger partial charge in [0.1, 0.15) is 0 Å². The third-order valence-electron chi connectivity index (χ3n) is 5.21. The molecule has 1 unspecified atom stereocenters. The predicted octanol–water partition coefficient (Wildman–Crippen LogP) is 2.54. The van der Waals surface area contributed by atoms with Crippen molar-refractivity contribution in [1.29, 1.82) is 0 Å². The minimum atomic E-state index is 0. The fourth-order valence-electron chi connectivity index (χ4n) is 3.61. The number of pyridine rings is 1. The third kappa shape index (κ3) is 8.31. The van der Waals surface area contributed by atoms with Gasteiger partial charge in [0, 0.05) is 57.6 Å². The summed E-state index contributed by atoms with van der Waals surface area (Å²) in [6.45, 7) is 10.0. The summed E-state index contributed by atoms with van der Waals surface area (Å²) in [5.41, 5.74) is 1.10. The van der Waals surface area contributed by atoms with Gasteiger partial charge in [0.15, 0.2) is 5.96 Å². The number of ether oxygens (including phenoxy) is 1. The van der Waals surface area contributed by atoms with Gasteiger partial charge >= 0.3 is 0 Å². The Kier molecular flexibility index (Phi) is 12.6. The second-order valence-electron chi connectivity index (χ2n) is 6.74. The molecule has 1 aliphatic rings. The maximum absolute atomic E-state index is 5.53. The van der Waals surface area contributed by atoms with Gasteiger partial charge in [-0.25, -0.2) is 0 Å². The topological polar surface area (TPSA) is 61.8 Å². The number of hydrogen-bond acceptors (Lipinski definition) is 4. The van der Waals surface area contributed by atoms with Crippen molar-refractivity contribution >= 4 is 29.9 Å². The quantitative estimate of drug-likeness (QED) is 0.317. The summed E-state index contributed by atoms with van der Waals surface area (Å²) in [4.78, 5) is 11.3. The molecule has 2 heterocycles. The first-order chi connectivity index (χ1) is 12.8. The van der Waals surface area contributed by atoms with E-state index < -0.39 is 0 Å². The molecule has 1 aromatic heterocycles. The number of rotatable bonds is 9. The Hall–Kier alpha value is -0.930. The molecule has 1 fully saturated rings. The number of halogens is 1. The van der Waals surface area contributed by atoms with E-state index in [0.717, 1.165) is 57.5 Å². The van der Waals surface area contributed by atoms with Crippen LogP contribution < -0.4 is 10.6 Å². The minimum absolute atomic E-state index is 0. The van der Waals surface area contributed by atoms with Crippen molar-refractivity contribution in [3.8, 4) is 0 Å². The Morgan fingerprint density at radius 3 is 2.56 bits per heavy atom. The molecule has 0 bridgehead atoms. The molecule has 7 heteroatoms. The van der Waals surface area contributed by atoms with Crippen LogP contribution in [-0.2, 0) is 11.2 Å². The average molecular weight is 489 g/mol. The van der Waals surface area contributed by atoms with Gasteiger partial charge in [-0.2, -0.15) is 0 Å². The van der Waals surface area contributed by atoms with E-state index in [-0.39, 0.29) is 24.0 Å². The fourth-order valence-corrected chi connectivity index (χ4v) is 3.61. The summed E-state index contributed by atoms with van der Waals surface area (Å²) < 4.78 is 5.53. The first-order valence-corrected chi connectivity index (χ1v) is 9.94. The molecule has 0 saturated carbocycles. The van der Waals surface area contributed by atoms with Crippen LogP contribution in [0.1, 0.15) is 32.4 Å². The zero-order valence-corrected chi connectivity index (χ0v) is 19.3. The van der Waals surface area contributed by atoms with E-state index in [2.05, 4.69) is 45.4 Å². The number of hydrogen-bond donors (Lipinski definition) is 2. The summed E-state index contributed by atoms with van der Waals surface area (Å²) in [6.07, 6.45) is 5.13. The van der Waals surface area contributed by atoms with Crippen molar-refractivity contribution in [2.75, 3.05) is 46.4 Å². The van der Waals surface area contributed by atoms with Crippen molar-refractivity contribution in [1.82, 2.24) is 20.5 Å². The van der Waals surface area contributed by atoms with Crippen LogP contribution in [0.25, 0.3) is 0 Å². The Bertz CT molecular complexity index is 518. The summed E-state index contributed by atoms with van der Waals surface area (Å²) in [7, 11) is 1.83. The predicted molar refractivity (Wildman–Crippen MR) is 123 cm³/mol. The van der Waals surface area contributed by atoms with Crippen LogP contribution in [0.3, 0.4) is 0 Å². The maximum Gasteiger partial charge on any atom is 0.191 e. The first kappa shape index (κ1) is 24.1. The van der Waals surface area contributed by atoms with Crippen molar-refractivity contribution in [3.05, 3.63) is 30.1 Å². The first-order valence-electron chi connectivity index (χ1n) is 9.94. The van der Waals surface area contributed by atoms with Gasteiger partial charge in [0.2, 0.25) is 0 Å². The number of aliphatic imine (C=N–C) groups is 1. The SMILES string of the molecule is CCC(CC)C(CNC(=NC)NCCc1ccccn1)N1CCOCC1.I. The summed E-state index contributed by atoms with van der Waals surface area (Å²) in [5.74, 6) is 1.55. The van der Waals surface area contributed by atoms with E-state index in [0.29, 0.717) is 12.0 Å². The number of guanidine groups is 1. The van der Waals surface area contributed by atoms with Crippen LogP contribution in [0.2, 0.25) is 0 Å². The zero-order chi connectivity index (χ0) is 18.6. The van der Waals surface area contributed by atoms with Crippen LogP contribution in [0.4, 0.5) is 0 Å². The number of aromatic nitrogens is 1. The molecule has 2 rings (SSSR count). The molecule has 2 N–H and O–H groups in total. The highest BCUT2D eigenvalue weighted by Crippen LogP contribution is 2.19. The Morgan fingerprint density at radius 1 is 1.22 bits per heavy atom. The number of nitrogens with one attached hydrogen (secondary N) is 2. The fraction of sp³-hybridized carbons (Fsp3) is 0.700. The average Bonchev–Trinajstić information content (AvgIpc) is 2.71. The molecular weight excluding hydrogens is 453 g/mol. The molecular formula is C20H36IN5O. The Balaban J connectivity index is 0.00000364. The lowest BCUT2D eigenvalue weighted by atomic mass is 9.92. The van der Waals surface area contributed by atoms with Crippen LogP contribution in [0, 0.1) is 5.92 Å². The molecule has 0 amide bonds. The van der Waals surface area contributed by atoms with Gasteiger partial charge in [-0.1, -0.05) is 32.8 Å². The molecule has 0 spiro atoms. The summed E-state index contributed by atoms with van der Waals surface area (Å²) >= 11 is 0. The van der Waals surface area contributed by atoms with Gasteiger partial charge in [-0.3, -0.25) is 14.9 Å². The molecule has 0 radical (unpaired) electrons. The lowest BCUT2D eigenvalue weighted by molar-refractivity contribution is 0.00272. The normalized spacial score (nSPS) is 16.7. The molecule has 1 atom stereocenters. The largest absolute Gasteiger partial charge is 0.379 e. The van der Waals surface area contributed by atoms with Gasteiger partial charge in [0.25, 0.3) is 0 Å². The molecule has 1 aliphatic heterocycles. The van der Waals surface area contributed by atoms with E-state index in [1.165, 1.54) is 12.8 Å². The molecule has 154 valence electrons. The van der Waals surface area contributed by atoms with Crippen LogP contribution in [0.5, 0.6) is 0 Å². The molecule has 1 aromatic rings. The van der Waals surface area contributed by atoms with Crippen LogP contribution in [-0.4, -0.2) is 68.3 Å². The van der Waals surface area contributed by atoms with Gasteiger partial charge < -0.3 is 15.4 Å². The van der Waals surface area contributed by atoms with Crippen LogP contribution >= 0.6 is 24.0 Å². The van der Waals surface area contributed by atoms with Gasteiger partial charge in [-0.15, -0.1) is 24.0 Å². The number of nitrogens with zero attached hydrogens (tertiary/aromatic N) is 3. The van der Waals surface area contributed by atoms with Crippen molar-refractivity contribution in [3.63, 3.8) is 0 Å². The van der Waals surface area contributed by atoms with Crippen molar-refractivity contribution in [2.45, 2.75) is 39.2 Å². The molecule has 0 aromatic carbocycles. The van der Waals surface area contributed by atoms with E-state index in [1.807, 2.05) is 25.4 Å². The maximum atomic E-state index is 5.53. The van der Waals surface area contributed by atoms with Crippen molar-refractivity contribution in [2.24, 2.45) is 10.9 Å². The minimum Gasteiger partial charge on any atom is -0.379 e. The second-order valence-corrected chi connectivity index (χ2v) is 6.74.